The Morgan fingerprint density at radius 3 is 1.37 bits per heavy atom. The summed E-state index contributed by atoms with van der Waals surface area (Å²) in [5.74, 6) is -2.16. The van der Waals surface area contributed by atoms with Crippen molar-refractivity contribution in [3.05, 3.63) is 118 Å². The van der Waals surface area contributed by atoms with Crippen molar-refractivity contribution < 1.29 is 56.5 Å². The number of hydrogen-bond donors (Lipinski definition) is 8. The second-order valence-electron chi connectivity index (χ2n) is 18.6. The first kappa shape index (κ1) is 56.7. The lowest BCUT2D eigenvalue weighted by molar-refractivity contribution is -0.150. The molecule has 26 nitrogen and oxygen atoms in total. The number of nitrogens with two attached hydrogens (primary N) is 2. The summed E-state index contributed by atoms with van der Waals surface area (Å²) in [6.07, 6.45) is 0.750. The molecule has 0 aliphatic heterocycles. The first-order valence-electron chi connectivity index (χ1n) is 24.1. The predicted octanol–water partition coefficient (Wildman–Crippen LogP) is 4.63. The van der Waals surface area contributed by atoms with E-state index in [1.54, 1.807) is 97.5 Å². The van der Waals surface area contributed by atoms with Crippen LogP contribution in [0, 0.1) is 11.8 Å². The average molecular weight is 1090 g/mol. The standard InChI is InChI=1S/2C24H31N6O7P/c2*1-13(2)36-23(33)15(4)29-38(34,37-16-8-6-5-7-9-16)35-11-17-14(3)18(10-19(17)31)30-12-26-20-21(30)27-24(25)28-22(20)32/h2*5-9,12-13,15,17-19,31H,3,10-11H2,1-2,4H3,(H,29,34)(H3,25,27,28,32)/t15-,17-,18-,19-,38+;15-,17-,18-,19-,38-/m00/s1. The lowest BCUT2D eigenvalue weighted by atomic mass is 10.0. The fourth-order valence-electron chi connectivity index (χ4n) is 8.47. The maximum Gasteiger partial charge on any atom is 0.459 e. The molecule has 2 saturated carbocycles. The fourth-order valence-corrected chi connectivity index (χ4v) is 11.5. The second-order valence-corrected chi connectivity index (χ2v) is 22.0. The molecule has 0 saturated heterocycles. The number of fused-ring (bicyclic) bond motifs is 2. The molecule has 2 fully saturated rings. The van der Waals surface area contributed by atoms with Gasteiger partial charge in [0.2, 0.25) is 11.9 Å². The quantitative estimate of drug-likeness (QED) is 0.0293. The van der Waals surface area contributed by atoms with Crippen LogP contribution in [0.25, 0.3) is 22.3 Å². The van der Waals surface area contributed by atoms with E-state index in [-0.39, 0.29) is 84.0 Å². The highest BCUT2D eigenvalue weighted by molar-refractivity contribution is 7.52. The van der Waals surface area contributed by atoms with E-state index in [0.29, 0.717) is 11.1 Å². The Labute approximate surface area is 435 Å². The number of anilines is 2. The van der Waals surface area contributed by atoms with Crippen molar-refractivity contribution in [2.45, 2.75) is 103 Å². The van der Waals surface area contributed by atoms with Crippen molar-refractivity contribution in [3.63, 3.8) is 0 Å². The van der Waals surface area contributed by atoms with E-state index >= 15 is 0 Å². The summed E-state index contributed by atoms with van der Waals surface area (Å²) in [4.78, 5) is 70.4. The van der Waals surface area contributed by atoms with Crippen LogP contribution in [0.3, 0.4) is 0 Å². The van der Waals surface area contributed by atoms with Gasteiger partial charge < -0.3 is 49.3 Å². The predicted molar refractivity (Wildman–Crippen MR) is 279 cm³/mol. The van der Waals surface area contributed by atoms with Gasteiger partial charge in [0.05, 0.1) is 62.4 Å². The Hall–Kier alpha value is -7.02. The number of carbonyl (C=O) groups is 2. The number of nitrogen functional groups attached to an aromatic ring is 2. The first-order chi connectivity index (χ1) is 35.9. The Balaban J connectivity index is 0.000000221. The van der Waals surface area contributed by atoms with Gasteiger partial charge in [0.1, 0.15) is 23.6 Å². The molecular weight excluding hydrogens is 1030 g/mol. The number of esters is 2. The molecule has 408 valence electrons. The topological polar surface area (TPSA) is 367 Å². The van der Waals surface area contributed by atoms with E-state index in [9.17, 15) is 38.5 Å². The van der Waals surface area contributed by atoms with Gasteiger partial charge >= 0.3 is 27.4 Å². The summed E-state index contributed by atoms with van der Waals surface area (Å²) in [6, 6.07) is 13.7. The second kappa shape index (κ2) is 23.9. The van der Waals surface area contributed by atoms with Gasteiger partial charge in [-0.05, 0) is 89.8 Å². The van der Waals surface area contributed by atoms with E-state index < -0.39 is 86.8 Å². The fraction of sp³-hybridized carbons (Fsp3) is 0.417. The zero-order valence-electron chi connectivity index (χ0n) is 42.5. The average Bonchev–Trinajstić information content (AvgIpc) is 4.10. The number of imidazole rings is 2. The third-order valence-electron chi connectivity index (χ3n) is 12.1. The van der Waals surface area contributed by atoms with Crippen molar-refractivity contribution >= 4 is 61.7 Å². The number of aromatic nitrogens is 8. The minimum Gasteiger partial charge on any atom is -0.462 e. The zero-order valence-corrected chi connectivity index (χ0v) is 44.3. The van der Waals surface area contributed by atoms with E-state index in [4.69, 9.17) is 39.0 Å². The highest BCUT2D eigenvalue weighted by Gasteiger charge is 2.43. The molecule has 8 rings (SSSR count). The number of nitrogens with zero attached hydrogens (tertiary/aromatic N) is 6. The van der Waals surface area contributed by atoms with Gasteiger partial charge in [-0.25, -0.2) is 19.1 Å². The number of aliphatic hydroxyl groups is 2. The van der Waals surface area contributed by atoms with Crippen LogP contribution in [0.2, 0.25) is 0 Å². The number of carbonyl (C=O) groups excluding carboxylic acids is 2. The Morgan fingerprint density at radius 1 is 0.671 bits per heavy atom. The molecule has 2 aromatic carbocycles. The molecule has 28 heteroatoms. The number of H-pyrrole nitrogens is 2. The molecule has 0 bridgehead atoms. The summed E-state index contributed by atoms with van der Waals surface area (Å²) in [7, 11) is -8.26. The molecular formula is C48H62N12O14P2. The number of aromatic amines is 2. The molecule has 10 N–H and O–H groups in total. The van der Waals surface area contributed by atoms with Gasteiger partial charge in [-0.1, -0.05) is 49.6 Å². The monoisotopic (exact) mass is 1090 g/mol. The summed E-state index contributed by atoms with van der Waals surface area (Å²) in [6.45, 7) is 17.6. The highest BCUT2D eigenvalue weighted by atomic mass is 31.2. The Bertz CT molecular complexity index is 3060. The maximum absolute atomic E-state index is 13.8. The lowest BCUT2D eigenvalue weighted by Gasteiger charge is -2.25. The van der Waals surface area contributed by atoms with Crippen LogP contribution >= 0.6 is 15.5 Å². The number of hydrogen-bond acceptors (Lipinski definition) is 20. The van der Waals surface area contributed by atoms with Crippen LogP contribution in [0.15, 0.2) is 107 Å². The molecule has 10 atom stereocenters. The molecule has 0 unspecified atom stereocenters. The molecule has 4 heterocycles. The van der Waals surface area contributed by atoms with Crippen molar-refractivity contribution in [1.82, 2.24) is 49.2 Å². The summed E-state index contributed by atoms with van der Waals surface area (Å²) < 4.78 is 64.0. The van der Waals surface area contributed by atoms with E-state index in [1.165, 1.54) is 26.5 Å². The Morgan fingerprint density at radius 2 is 1.03 bits per heavy atom. The summed E-state index contributed by atoms with van der Waals surface area (Å²) >= 11 is 0. The number of benzene rings is 2. The van der Waals surface area contributed by atoms with Crippen molar-refractivity contribution in [2.75, 3.05) is 24.7 Å². The third kappa shape index (κ3) is 13.5. The van der Waals surface area contributed by atoms with Gasteiger partial charge in [0.15, 0.2) is 22.3 Å². The van der Waals surface area contributed by atoms with Crippen LogP contribution in [-0.2, 0) is 37.2 Å². The van der Waals surface area contributed by atoms with E-state index in [0.717, 1.165) is 0 Å². The smallest absolute Gasteiger partial charge is 0.459 e. The van der Waals surface area contributed by atoms with Crippen molar-refractivity contribution in [1.29, 1.82) is 0 Å². The summed E-state index contributed by atoms with van der Waals surface area (Å²) in [5, 5.41) is 27.0. The van der Waals surface area contributed by atoms with Crippen LogP contribution in [0.1, 0.15) is 66.5 Å². The van der Waals surface area contributed by atoms with E-state index in [1.807, 2.05) is 0 Å². The third-order valence-corrected chi connectivity index (χ3v) is 15.4. The molecule has 2 aliphatic carbocycles. The van der Waals surface area contributed by atoms with Crippen molar-refractivity contribution in [2.24, 2.45) is 11.8 Å². The SMILES string of the molecule is C=C1[C@H](CO[P@@](=O)(N[C@@H](C)C(=O)OC(C)C)Oc2ccccc2)[C@@H](O)C[C@@H]1n1cnc2c(=O)[nH]c(N)nc21.C=C1[C@H](CO[P@](=O)(N[C@@H](C)C(=O)OC(C)C)Oc2ccccc2)[C@@H](O)C[C@@H]1n1cnc2c(=O)[nH]c(N)nc21. The largest absolute Gasteiger partial charge is 0.462 e. The van der Waals surface area contributed by atoms with Crippen LogP contribution in [0.5, 0.6) is 11.5 Å². The van der Waals surface area contributed by atoms with Crippen molar-refractivity contribution in [3.8, 4) is 11.5 Å². The van der Waals surface area contributed by atoms with Crippen LogP contribution in [-0.4, -0.2) is 111 Å². The number of ether oxygens (including phenoxy) is 2. The zero-order chi connectivity index (χ0) is 55.2. The molecule has 0 amide bonds. The highest BCUT2D eigenvalue weighted by Crippen LogP contribution is 2.50. The maximum atomic E-state index is 13.8. The molecule has 76 heavy (non-hydrogen) atoms. The Kier molecular flexibility index (Phi) is 17.8. The number of para-hydroxylation sites is 2. The number of aliphatic hydroxyl groups excluding tert-OH is 2. The molecule has 2 aliphatic rings. The molecule has 0 spiro atoms. The number of nitrogens with one attached hydrogen (secondary N) is 4. The van der Waals surface area contributed by atoms with Gasteiger partial charge in [-0.3, -0.25) is 38.2 Å². The van der Waals surface area contributed by atoms with Gasteiger partial charge in [-0.15, -0.1) is 0 Å². The van der Waals surface area contributed by atoms with Gasteiger partial charge in [0.25, 0.3) is 11.1 Å². The van der Waals surface area contributed by atoms with Gasteiger partial charge in [-0.2, -0.15) is 20.1 Å². The van der Waals surface area contributed by atoms with Crippen LogP contribution in [0.4, 0.5) is 11.9 Å². The van der Waals surface area contributed by atoms with Gasteiger partial charge in [0, 0.05) is 11.8 Å². The normalized spacial score (nSPS) is 21.9. The number of rotatable bonds is 20. The molecule has 6 aromatic rings. The minimum absolute atomic E-state index is 0.0662. The first-order valence-corrected chi connectivity index (χ1v) is 27.2. The van der Waals surface area contributed by atoms with Crippen LogP contribution < -0.4 is 41.8 Å². The molecule has 4 aromatic heterocycles. The summed E-state index contributed by atoms with van der Waals surface area (Å²) in [5.41, 5.74) is 12.3. The van der Waals surface area contributed by atoms with E-state index in [2.05, 4.69) is 53.2 Å². The lowest BCUT2D eigenvalue weighted by Crippen LogP contribution is -2.36. The molecule has 0 radical (unpaired) electrons. The minimum atomic E-state index is -4.13.